The number of carbonyl (C=O) groups excluding carboxylic acids is 5. The van der Waals surface area contributed by atoms with E-state index >= 15 is 4.39 Å². The van der Waals surface area contributed by atoms with Crippen molar-refractivity contribution in [3.63, 3.8) is 0 Å². The number of nitrogens with two attached hydrogens (primary N) is 1. The molecule has 6 aliphatic carbocycles. The van der Waals surface area contributed by atoms with Gasteiger partial charge in [0.25, 0.3) is 0 Å². The summed E-state index contributed by atoms with van der Waals surface area (Å²) in [5, 5.41) is 38.7. The summed E-state index contributed by atoms with van der Waals surface area (Å²) in [5.41, 5.74) is 9.48. The van der Waals surface area contributed by atoms with Crippen molar-refractivity contribution in [1.82, 2.24) is 35.3 Å². The Morgan fingerprint density at radius 1 is 0.688 bits per heavy atom. The normalized spacial score (nSPS) is 21.7. The largest absolute Gasteiger partial charge is 1.00 e. The number of ketones is 1. The average Bonchev–Trinajstić information content (AvgIpc) is 0.916. The van der Waals surface area contributed by atoms with Gasteiger partial charge in [-0.05, 0) is 178 Å². The number of aliphatic hydroxyl groups excluding tert-OH is 2. The zero-order valence-corrected chi connectivity index (χ0v) is 71.2. The molecule has 7 fully saturated rings. The minimum atomic E-state index is -1.08. The van der Waals surface area contributed by atoms with Crippen molar-refractivity contribution < 1.29 is 96.6 Å². The van der Waals surface area contributed by atoms with Crippen LogP contribution < -0.4 is 51.0 Å². The zero-order chi connectivity index (χ0) is 79.3. The van der Waals surface area contributed by atoms with Gasteiger partial charge >= 0.3 is 41.5 Å². The summed E-state index contributed by atoms with van der Waals surface area (Å²) in [4.78, 5) is 77.5. The predicted octanol–water partition coefficient (Wildman–Crippen LogP) is 9.69. The van der Waals surface area contributed by atoms with Crippen LogP contribution in [0.3, 0.4) is 0 Å². The Balaban J connectivity index is 0.000000562. The molecule has 0 aromatic heterocycles. The van der Waals surface area contributed by atoms with E-state index in [4.69, 9.17) is 43.7 Å². The average molecular weight is 1580 g/mol. The number of rotatable bonds is 24. The number of hydroxylamine groups is 2. The molecule has 2 unspecified atom stereocenters. The second kappa shape index (κ2) is 53.5. The van der Waals surface area contributed by atoms with E-state index in [2.05, 4.69) is 87.0 Å². The number of aliphatic hydroxyl groups is 2. The molecule has 26 heteroatoms. The minimum Gasteiger partial charge on any atom is -0.550 e. The third-order valence-corrected chi connectivity index (χ3v) is 21.9. The van der Waals surface area contributed by atoms with E-state index in [9.17, 15) is 38.2 Å². The Kier molecular flexibility index (Phi) is 49.4. The number of nitrogens with zero attached hydrogens (tertiary/aromatic N) is 5. The van der Waals surface area contributed by atoms with Crippen LogP contribution in [0.4, 0.5) is 13.2 Å². The smallest absolute Gasteiger partial charge is 0.550 e. The Morgan fingerprint density at radius 3 is 1.63 bits per heavy atom. The van der Waals surface area contributed by atoms with Crippen LogP contribution in [-0.2, 0) is 46.9 Å². The molecule has 2 bridgehead atoms. The summed E-state index contributed by atoms with van der Waals surface area (Å²) >= 11 is 10.1. The van der Waals surface area contributed by atoms with Gasteiger partial charge in [0.2, 0.25) is 5.91 Å². The number of likely N-dealkylation sites (N-methyl/N-ethyl adjacent to an activating group) is 2. The molecule has 1 amide bonds. The van der Waals surface area contributed by atoms with E-state index in [-0.39, 0.29) is 103 Å². The first-order valence-corrected chi connectivity index (χ1v) is 39.6. The fourth-order valence-corrected chi connectivity index (χ4v) is 15.9. The monoisotopic (exact) mass is 1570 g/mol. The Morgan fingerprint density at radius 2 is 1.18 bits per heavy atom. The second-order valence-corrected chi connectivity index (χ2v) is 31.6. The summed E-state index contributed by atoms with van der Waals surface area (Å²) in [5.74, 6) is 0.00449. The SMILES string of the molecule is CC(=O)OOC(C)=O.CC(=O)[O-].CN(C)CCN.CN(C)CNC(c1ccccc1F)C1CCCCC1.C[C@@H]1[C@@H](NC(=O)[C@@H]2[C@H]([C@H](C)O)[C@H](CO)ON2Cc2cccc(CN(CCN(C)C)C(c3ccccc3F)C3CCCCC3)c2)C[C@H]2C[C@@H]1C2(C)C.ClCCCl.O=C(c1ccccc1F)C1CCCCC1.[B].[Na+]. The number of aliphatic carboxylic acids is 1. The number of Topliss-reactive ketones (excluding diaryl/α,β-unsaturated/α-hetero) is 1. The first-order valence-electron chi connectivity index (χ1n) is 38.6. The molecule has 6 N–H and O–H groups in total. The van der Waals surface area contributed by atoms with Gasteiger partial charge in [-0.25, -0.2) is 32.5 Å². The molecule has 6 saturated carbocycles. The fraction of sp³-hybridized carbons (Fsp3) is 0.651. The van der Waals surface area contributed by atoms with E-state index in [0.29, 0.717) is 59.9 Å². The van der Waals surface area contributed by atoms with E-state index in [0.717, 1.165) is 121 Å². The van der Waals surface area contributed by atoms with E-state index in [1.807, 2.05) is 64.6 Å². The van der Waals surface area contributed by atoms with Crippen LogP contribution in [0.5, 0.6) is 0 Å². The van der Waals surface area contributed by atoms with Crippen LogP contribution in [0, 0.1) is 64.3 Å². The molecule has 7 aliphatic rings. The second-order valence-electron chi connectivity index (χ2n) is 30.8. The zero-order valence-electron chi connectivity index (χ0n) is 67.7. The van der Waals surface area contributed by atoms with Gasteiger partial charge in [0.1, 0.15) is 29.6 Å². The van der Waals surface area contributed by atoms with E-state index < -0.39 is 42.1 Å². The van der Waals surface area contributed by atoms with Crippen LogP contribution in [0.15, 0.2) is 97.1 Å². The first-order chi connectivity index (χ1) is 50.9. The fourth-order valence-electron chi connectivity index (χ4n) is 15.9. The molecule has 1 aliphatic heterocycles. The van der Waals surface area contributed by atoms with E-state index in [1.165, 1.54) is 70.3 Å². The minimum absolute atomic E-state index is 0. The molecular formula is C83H128BCl2F3N8NaO11. The first kappa shape index (κ1) is 101. The third-order valence-electron chi connectivity index (χ3n) is 21.4. The number of benzene rings is 4. The standard InChI is InChI=1S/C42H63FN4O4.C16H25FN2.C13H15FO.C4H12N2.C4H6O4.C2H4Cl2.C2H4O2.B.Na/c1-27-34-22-32(42(34,3)4)23-36(27)44-41(50)40-38(28(2)49)37(26-48)51-47(40)25-30-14-12-13-29(21-30)24-46(20-19-45(5)6)39(31-15-8-7-9-16-31)33-17-10-11-18-35(33)43;1-19(2)12-18-16(13-8-4-3-5-9-13)14-10-6-7-11-15(14)17;14-12-9-5-4-8-11(12)13(15)10-6-2-1-3-7-10;1-6(2)4-3-5;1-3(5)7-8-4(2)6;3-1-2-4;1-2(3)4;;/h10-14,17-18,21,27-28,31-32,34,36-40,48-49H,7-9,15-16,19-20,22-26H2,1-6H3,(H,44,50);6-7,10-11,13,16,18H,3-5,8-9,12H2,1-2H3;4-5,8-10H,1-3,6-7H2;3-5H2,1-2H3;1-2H3;1-2H2;1H3,(H,3,4);;/q;;;;;;;;+1/p-1/t27-,28-,32+,34-,36-,37-,38+,39?,40-;;;;;;;;/m0......../s1. The number of hydrogen-bond acceptors (Lipinski definition) is 18. The van der Waals surface area contributed by atoms with Crippen LogP contribution in [0.25, 0.3) is 0 Å². The number of hydrogen-bond donors (Lipinski definition) is 5. The number of nitrogens with one attached hydrogen (secondary N) is 2. The molecule has 1 saturated heterocycles. The van der Waals surface area contributed by atoms with Crippen LogP contribution >= 0.6 is 23.2 Å². The number of fused-ring (bicyclic) bond motifs is 2. The van der Waals surface area contributed by atoms with Crippen LogP contribution in [-0.4, -0.2) is 191 Å². The van der Waals surface area contributed by atoms with Crippen molar-refractivity contribution in [2.45, 2.75) is 207 Å². The molecule has 4 aromatic carbocycles. The molecule has 10 atom stereocenters. The number of carbonyl (C=O) groups is 5. The van der Waals surface area contributed by atoms with Gasteiger partial charge in [0.15, 0.2) is 5.78 Å². The maximum absolute atomic E-state index is 15.5. The summed E-state index contributed by atoms with van der Waals surface area (Å²) in [6.45, 7) is 16.8. The summed E-state index contributed by atoms with van der Waals surface area (Å²) in [6, 6.07) is 28.6. The van der Waals surface area contributed by atoms with Gasteiger partial charge in [0, 0.05) is 120 Å². The maximum atomic E-state index is 15.5. The number of carboxylic acids is 1. The van der Waals surface area contributed by atoms with Crippen molar-refractivity contribution in [2.75, 3.05) is 93.5 Å². The molecule has 3 radical (unpaired) electrons. The van der Waals surface area contributed by atoms with Gasteiger partial charge < -0.3 is 41.0 Å². The van der Waals surface area contributed by atoms with Gasteiger partial charge in [-0.3, -0.25) is 29.5 Å². The van der Waals surface area contributed by atoms with E-state index in [1.54, 1.807) is 54.5 Å². The van der Waals surface area contributed by atoms with Gasteiger partial charge in [-0.15, -0.1) is 23.2 Å². The van der Waals surface area contributed by atoms with Crippen molar-refractivity contribution in [1.29, 1.82) is 0 Å². The number of carboxylic acid groups (broad SMARTS) is 1. The maximum Gasteiger partial charge on any atom is 1.00 e. The molecule has 109 heavy (non-hydrogen) atoms. The molecule has 605 valence electrons. The van der Waals surface area contributed by atoms with Crippen molar-refractivity contribution in [2.24, 2.45) is 52.6 Å². The Labute approximate surface area is 684 Å². The van der Waals surface area contributed by atoms with Crippen molar-refractivity contribution in [3.05, 3.63) is 142 Å². The molecule has 4 aromatic rings. The van der Waals surface area contributed by atoms with Crippen LogP contribution in [0.1, 0.15) is 202 Å². The molecular weight excluding hydrogens is 1450 g/mol. The van der Waals surface area contributed by atoms with Gasteiger partial charge in [-0.2, -0.15) is 5.06 Å². The Hall–Kier alpha value is -4.54. The topological polar surface area (TPSA) is 243 Å². The summed E-state index contributed by atoms with van der Waals surface area (Å²) in [7, 11) is 12.2. The summed E-state index contributed by atoms with van der Waals surface area (Å²) in [6.07, 6.45) is 18.0. The number of halogens is 5. The number of alkyl halides is 2. The molecule has 1 heterocycles. The molecule has 11 rings (SSSR count). The quantitative estimate of drug-likeness (QED) is 0.0109. The van der Waals surface area contributed by atoms with Gasteiger partial charge in [-0.1, -0.05) is 151 Å². The third kappa shape index (κ3) is 34.6. The summed E-state index contributed by atoms with van der Waals surface area (Å²) < 4.78 is 43.0. The number of amides is 1. The Bertz CT molecular complexity index is 3230. The van der Waals surface area contributed by atoms with Crippen LogP contribution in [0.2, 0.25) is 0 Å². The predicted molar refractivity (Wildman–Crippen MR) is 422 cm³/mol. The van der Waals surface area contributed by atoms with Gasteiger partial charge in [0.05, 0.1) is 24.8 Å². The van der Waals surface area contributed by atoms with Crippen molar-refractivity contribution in [3.8, 4) is 0 Å². The van der Waals surface area contributed by atoms with Crippen molar-refractivity contribution >= 4 is 61.2 Å². The molecule has 0 spiro atoms. The molecule has 19 nitrogen and oxygen atoms in total.